The molecule has 1 aromatic carbocycles. The Morgan fingerprint density at radius 1 is 1.02 bits per heavy atom. The highest BCUT2D eigenvalue weighted by atomic mass is 19.3. The molecule has 2 bridgehead atoms. The molecule has 1 aromatic heterocycles. The molecule has 1 aliphatic carbocycles. The highest BCUT2D eigenvalue weighted by Gasteiger charge is 2.53. The number of methoxy groups -OCH3 is 1. The van der Waals surface area contributed by atoms with Crippen LogP contribution in [0.25, 0.3) is 11.0 Å². The van der Waals surface area contributed by atoms with Crippen LogP contribution in [0.3, 0.4) is 0 Å². The summed E-state index contributed by atoms with van der Waals surface area (Å²) in [5.41, 5.74) is -0.722. The van der Waals surface area contributed by atoms with Gasteiger partial charge in [0.05, 0.1) is 43.9 Å². The molecule has 256 valence electrons. The van der Waals surface area contributed by atoms with Crippen LogP contribution in [0.1, 0.15) is 77.8 Å². The summed E-state index contributed by atoms with van der Waals surface area (Å²) in [5.74, 6) is -4.44. The molecule has 0 spiro atoms. The minimum Gasteiger partial charge on any atom is -0.497 e. The highest BCUT2D eigenvalue weighted by molar-refractivity contribution is 5.93. The Kier molecular flexibility index (Phi) is 9.30. The Morgan fingerprint density at radius 2 is 1.79 bits per heavy atom. The second-order valence-corrected chi connectivity index (χ2v) is 14.0. The van der Waals surface area contributed by atoms with Crippen LogP contribution >= 0.6 is 0 Å². The van der Waals surface area contributed by atoms with E-state index in [-0.39, 0.29) is 55.4 Å². The number of nitrogens with zero attached hydrogens (tertiary/aromatic N) is 3. The van der Waals surface area contributed by atoms with Crippen LogP contribution in [0.4, 0.5) is 13.6 Å². The lowest BCUT2D eigenvalue weighted by Gasteiger charge is -2.45. The maximum absolute atomic E-state index is 16.0. The van der Waals surface area contributed by atoms with Gasteiger partial charge in [-0.1, -0.05) is 26.7 Å². The van der Waals surface area contributed by atoms with E-state index in [0.29, 0.717) is 30.5 Å². The summed E-state index contributed by atoms with van der Waals surface area (Å²) in [6, 6.07) is 2.86. The number of nitrogens with one attached hydrogen (secondary N) is 1. The van der Waals surface area contributed by atoms with Crippen molar-refractivity contribution >= 4 is 28.8 Å². The molecule has 4 heterocycles. The molecule has 6 rings (SSSR count). The van der Waals surface area contributed by atoms with Gasteiger partial charge in [-0.05, 0) is 57.1 Å². The molecule has 0 radical (unpaired) electrons. The molecular weight excluding hydrogens is 614 g/mol. The summed E-state index contributed by atoms with van der Waals surface area (Å²) in [6.07, 6.45) is 2.47. The number of ketones is 1. The van der Waals surface area contributed by atoms with Gasteiger partial charge >= 0.3 is 6.09 Å². The zero-order chi connectivity index (χ0) is 33.5. The molecule has 2 saturated heterocycles. The van der Waals surface area contributed by atoms with Crippen molar-refractivity contribution in [3.8, 4) is 11.6 Å². The first kappa shape index (κ1) is 33.3. The van der Waals surface area contributed by atoms with Crippen LogP contribution in [0, 0.1) is 17.3 Å². The number of aromatic nitrogens is 2. The fraction of sp³-hybridized carbons (Fsp3) is 0.676. The molecule has 47 heavy (non-hydrogen) atoms. The van der Waals surface area contributed by atoms with E-state index in [4.69, 9.17) is 18.9 Å². The van der Waals surface area contributed by atoms with Crippen LogP contribution in [0.15, 0.2) is 18.2 Å². The molecule has 4 aliphatic rings. The van der Waals surface area contributed by atoms with Crippen LogP contribution in [-0.4, -0.2) is 83.8 Å². The van der Waals surface area contributed by atoms with Crippen molar-refractivity contribution in [1.29, 1.82) is 0 Å². The summed E-state index contributed by atoms with van der Waals surface area (Å²) < 4.78 is 55.0. The van der Waals surface area contributed by atoms with E-state index in [1.807, 2.05) is 6.92 Å². The van der Waals surface area contributed by atoms with Crippen molar-refractivity contribution < 1.29 is 42.1 Å². The van der Waals surface area contributed by atoms with Crippen molar-refractivity contribution in [2.45, 2.75) is 102 Å². The Labute approximate surface area is 273 Å². The molecule has 3 fully saturated rings. The fourth-order valence-corrected chi connectivity index (χ4v) is 7.65. The van der Waals surface area contributed by atoms with Crippen molar-refractivity contribution in [3.63, 3.8) is 0 Å². The normalized spacial score (nSPS) is 31.1. The van der Waals surface area contributed by atoms with Crippen molar-refractivity contribution in [2.24, 2.45) is 17.3 Å². The Bertz CT molecular complexity index is 1520. The summed E-state index contributed by atoms with van der Waals surface area (Å²) in [5, 5.41) is 2.83. The second kappa shape index (κ2) is 13.1. The zero-order valence-electron chi connectivity index (χ0n) is 27.4. The van der Waals surface area contributed by atoms with Gasteiger partial charge in [-0.2, -0.15) is 8.78 Å². The lowest BCUT2D eigenvalue weighted by Crippen LogP contribution is -2.64. The smallest absolute Gasteiger partial charge is 0.408 e. The third-order valence-electron chi connectivity index (χ3n) is 10.4. The monoisotopic (exact) mass is 658 g/mol. The number of benzene rings is 1. The number of hydrogen-bond donors (Lipinski definition) is 1. The number of amides is 2. The van der Waals surface area contributed by atoms with Gasteiger partial charge in [0.1, 0.15) is 24.0 Å². The standard InChI is InChI=1S/C34H44F2N4O7/c1-19-26-16-40(27(19)20(2)41)31(42)29(33(3)17-45-18-33)39-32(43)47-25-11-8-10-21(25)9-6-5-7-14-34(35,36)28-30(46-26)38-24-15-22(44-4)12-13-23(24)37-28/h12-13,15,19,21,25-27,29H,5-11,14,16-18H2,1-4H3,(H,39,43)/t19-,21-,25-,26+,27+,29-/m1/s1. The fourth-order valence-electron chi connectivity index (χ4n) is 7.65. The number of ether oxygens (including phenoxy) is 4. The summed E-state index contributed by atoms with van der Waals surface area (Å²) >= 11 is 0. The Hall–Kier alpha value is -3.61. The first-order valence-electron chi connectivity index (χ1n) is 16.7. The quantitative estimate of drug-likeness (QED) is 0.475. The molecule has 11 nitrogen and oxygen atoms in total. The zero-order valence-corrected chi connectivity index (χ0v) is 27.4. The van der Waals surface area contributed by atoms with Gasteiger partial charge in [0, 0.05) is 23.8 Å². The molecule has 6 atom stereocenters. The van der Waals surface area contributed by atoms with Gasteiger partial charge in [-0.25, -0.2) is 14.8 Å². The average Bonchev–Trinajstić information content (AvgIpc) is 3.60. The van der Waals surface area contributed by atoms with E-state index in [1.54, 1.807) is 25.1 Å². The van der Waals surface area contributed by atoms with E-state index in [0.717, 1.165) is 19.3 Å². The Balaban J connectivity index is 1.39. The average molecular weight is 659 g/mol. The third kappa shape index (κ3) is 6.60. The molecule has 0 unspecified atom stereocenters. The van der Waals surface area contributed by atoms with Gasteiger partial charge in [0.25, 0.3) is 5.92 Å². The first-order chi connectivity index (χ1) is 22.4. The molecular formula is C34H44F2N4O7. The van der Waals surface area contributed by atoms with Crippen LogP contribution in [0.2, 0.25) is 0 Å². The van der Waals surface area contributed by atoms with Gasteiger partial charge < -0.3 is 29.2 Å². The first-order valence-corrected chi connectivity index (χ1v) is 16.7. The van der Waals surface area contributed by atoms with E-state index < -0.39 is 59.6 Å². The number of alkyl carbamates (subject to hydrolysis) is 1. The SMILES string of the molecule is COc1ccc2nc3c(nc2c1)O[C@H]1CN(C(=O)[C@H](C2(C)COC2)NC(=O)O[C@@H]2CCC[C@H]2CCCCCC3(F)F)[C@H](C(C)=O)[C@@H]1C. The van der Waals surface area contributed by atoms with E-state index in [2.05, 4.69) is 15.3 Å². The minimum atomic E-state index is -3.35. The number of carbonyl (C=O) groups excluding carboxylic acids is 3. The van der Waals surface area contributed by atoms with Crippen LogP contribution in [0.5, 0.6) is 11.6 Å². The maximum atomic E-state index is 16.0. The third-order valence-corrected chi connectivity index (χ3v) is 10.4. The molecule has 1 saturated carbocycles. The van der Waals surface area contributed by atoms with E-state index in [1.165, 1.54) is 18.9 Å². The molecule has 2 aromatic rings. The van der Waals surface area contributed by atoms with Gasteiger partial charge in [-0.15, -0.1) is 0 Å². The maximum Gasteiger partial charge on any atom is 0.408 e. The number of Topliss-reactive ketones (excluding diaryl/α,β-unsaturated/α-hetero) is 1. The van der Waals surface area contributed by atoms with E-state index in [9.17, 15) is 14.4 Å². The van der Waals surface area contributed by atoms with Crippen molar-refractivity contribution in [1.82, 2.24) is 20.2 Å². The minimum absolute atomic E-state index is 0.0814. The highest BCUT2D eigenvalue weighted by Crippen LogP contribution is 2.42. The summed E-state index contributed by atoms with van der Waals surface area (Å²) in [4.78, 5) is 51.0. The lowest BCUT2D eigenvalue weighted by molar-refractivity contribution is -0.158. The van der Waals surface area contributed by atoms with Gasteiger partial charge in [0.2, 0.25) is 11.8 Å². The van der Waals surface area contributed by atoms with Crippen molar-refractivity contribution in [2.75, 3.05) is 26.9 Å². The number of alkyl halides is 2. The molecule has 1 N–H and O–H groups in total. The summed E-state index contributed by atoms with van der Waals surface area (Å²) in [6.45, 7) is 5.36. The van der Waals surface area contributed by atoms with Crippen molar-refractivity contribution in [3.05, 3.63) is 23.9 Å². The number of hydrogen-bond acceptors (Lipinski definition) is 9. The number of fused-ring (bicyclic) bond motifs is 5. The Morgan fingerprint density at radius 3 is 2.49 bits per heavy atom. The van der Waals surface area contributed by atoms with Crippen LogP contribution in [-0.2, 0) is 25.0 Å². The number of halogens is 2. The largest absolute Gasteiger partial charge is 0.497 e. The predicted octanol–water partition coefficient (Wildman–Crippen LogP) is 5.18. The molecule has 13 heteroatoms. The summed E-state index contributed by atoms with van der Waals surface area (Å²) in [7, 11) is 1.49. The van der Waals surface area contributed by atoms with Gasteiger partial charge in [0.15, 0.2) is 11.5 Å². The lowest BCUT2D eigenvalue weighted by atomic mass is 9.79. The second-order valence-electron chi connectivity index (χ2n) is 14.0. The molecule has 3 aliphatic heterocycles. The molecule has 2 amide bonds. The topological polar surface area (TPSA) is 129 Å². The van der Waals surface area contributed by atoms with E-state index >= 15 is 8.78 Å². The number of rotatable bonds is 3. The van der Waals surface area contributed by atoms with Crippen LogP contribution < -0.4 is 14.8 Å². The van der Waals surface area contributed by atoms with Gasteiger partial charge in [-0.3, -0.25) is 9.59 Å². The number of carbonyl (C=O) groups is 3. The predicted molar refractivity (Wildman–Crippen MR) is 166 cm³/mol.